The summed E-state index contributed by atoms with van der Waals surface area (Å²) in [5, 5.41) is 1.93. The molecule has 0 bridgehead atoms. The van der Waals surface area contributed by atoms with Gasteiger partial charge in [-0.1, -0.05) is 36.4 Å². The van der Waals surface area contributed by atoms with Crippen LogP contribution in [0.3, 0.4) is 0 Å². The molecule has 0 fully saturated rings. The van der Waals surface area contributed by atoms with Crippen LogP contribution in [-0.4, -0.2) is 11.6 Å². The number of allylic oxidation sites excluding steroid dienone is 4. The number of carbonyl (C=O) groups is 2. The average Bonchev–Trinajstić information content (AvgIpc) is 2.54. The summed E-state index contributed by atoms with van der Waals surface area (Å²) in [7, 11) is 0. The number of hydrogen-bond acceptors (Lipinski definition) is 2. The fraction of sp³-hybridized carbons (Fsp3) is 0.100. The Morgan fingerprint density at radius 3 is 1.55 bits per heavy atom. The normalized spacial score (nSPS) is 14.2. The molecule has 0 atom stereocenters. The molecule has 1 aliphatic carbocycles. The summed E-state index contributed by atoms with van der Waals surface area (Å²) in [6.45, 7) is 7.38. The Morgan fingerprint density at radius 1 is 0.773 bits per heavy atom. The molecule has 0 spiro atoms. The molecule has 0 unspecified atom stereocenters. The smallest absolute Gasteiger partial charge is 0.190 e. The second kappa shape index (κ2) is 5.57. The maximum absolute atomic E-state index is 12.8. The molecule has 3 rings (SSSR count). The fourth-order valence-corrected chi connectivity index (χ4v) is 2.94. The summed E-state index contributed by atoms with van der Waals surface area (Å²) in [5.74, 6) is -0.144. The molecule has 22 heavy (non-hydrogen) atoms. The van der Waals surface area contributed by atoms with Gasteiger partial charge in [0.05, 0.1) is 0 Å². The van der Waals surface area contributed by atoms with Crippen molar-refractivity contribution in [3.05, 3.63) is 84.0 Å². The molecule has 2 nitrogen and oxygen atoms in total. The van der Waals surface area contributed by atoms with Crippen molar-refractivity contribution >= 4 is 22.3 Å². The quantitative estimate of drug-likeness (QED) is 0.766. The third-order valence-electron chi connectivity index (χ3n) is 3.98. The predicted octanol–water partition coefficient (Wildman–Crippen LogP) is 4.67. The van der Waals surface area contributed by atoms with Gasteiger partial charge in [-0.25, -0.2) is 0 Å². The Labute approximate surface area is 129 Å². The summed E-state index contributed by atoms with van der Waals surface area (Å²) in [6.07, 6.45) is 4.13. The van der Waals surface area contributed by atoms with Gasteiger partial charge in [0.2, 0.25) is 0 Å². The van der Waals surface area contributed by atoms with Gasteiger partial charge in [-0.05, 0) is 35.7 Å². The van der Waals surface area contributed by atoms with E-state index in [0.29, 0.717) is 35.1 Å². The Hall–Kier alpha value is -2.74. The SMILES string of the molecule is C=CCC1=C(CC=C)C(=O)c2cc3ccccc3cc2C1=O. The third kappa shape index (κ3) is 2.13. The van der Waals surface area contributed by atoms with Crippen molar-refractivity contribution in [1.82, 2.24) is 0 Å². The number of fused-ring (bicyclic) bond motifs is 2. The van der Waals surface area contributed by atoms with Crippen molar-refractivity contribution in [3.8, 4) is 0 Å². The van der Waals surface area contributed by atoms with E-state index in [9.17, 15) is 9.59 Å². The standard InChI is InChI=1S/C20H16O2/c1-3-7-15-16(8-4-2)20(22)18-12-14-10-6-5-9-13(14)11-17(18)19(15)21/h3-6,9-12H,1-2,7-8H2. The molecular weight excluding hydrogens is 272 g/mol. The number of benzene rings is 2. The molecule has 0 aliphatic heterocycles. The predicted molar refractivity (Wildman–Crippen MR) is 89.3 cm³/mol. The topological polar surface area (TPSA) is 34.1 Å². The first-order chi connectivity index (χ1) is 10.7. The minimum absolute atomic E-state index is 0.0721. The van der Waals surface area contributed by atoms with E-state index in [4.69, 9.17) is 0 Å². The molecule has 2 aromatic carbocycles. The van der Waals surface area contributed by atoms with Gasteiger partial charge in [-0.3, -0.25) is 9.59 Å². The highest BCUT2D eigenvalue weighted by molar-refractivity contribution is 6.28. The van der Waals surface area contributed by atoms with Crippen molar-refractivity contribution < 1.29 is 9.59 Å². The van der Waals surface area contributed by atoms with Crippen LogP contribution in [0.5, 0.6) is 0 Å². The van der Waals surface area contributed by atoms with Crippen molar-refractivity contribution in [2.75, 3.05) is 0 Å². The van der Waals surface area contributed by atoms with E-state index in [1.54, 1.807) is 12.2 Å². The van der Waals surface area contributed by atoms with E-state index in [-0.39, 0.29) is 11.6 Å². The molecule has 0 saturated carbocycles. The zero-order valence-electron chi connectivity index (χ0n) is 12.3. The summed E-state index contributed by atoms with van der Waals surface area (Å²) in [5.41, 5.74) is 2.08. The first kappa shape index (κ1) is 14.2. The molecule has 0 N–H and O–H groups in total. The molecule has 2 aromatic rings. The molecule has 0 aromatic heterocycles. The molecule has 0 radical (unpaired) electrons. The molecule has 108 valence electrons. The number of Topliss-reactive ketones (excluding diaryl/α,β-unsaturated/α-hetero) is 2. The Bertz CT molecular complexity index is 783. The zero-order chi connectivity index (χ0) is 15.7. The van der Waals surface area contributed by atoms with Crippen LogP contribution in [0, 0.1) is 0 Å². The first-order valence-electron chi connectivity index (χ1n) is 7.23. The van der Waals surface area contributed by atoms with Crippen molar-refractivity contribution in [1.29, 1.82) is 0 Å². The summed E-state index contributed by atoms with van der Waals surface area (Å²) < 4.78 is 0. The van der Waals surface area contributed by atoms with Gasteiger partial charge in [0.25, 0.3) is 0 Å². The molecule has 1 aliphatic rings. The number of carbonyl (C=O) groups excluding carboxylic acids is 2. The number of hydrogen-bond donors (Lipinski definition) is 0. The van der Waals surface area contributed by atoms with Gasteiger partial charge < -0.3 is 0 Å². The lowest BCUT2D eigenvalue weighted by molar-refractivity contribution is 0.0972. The summed E-state index contributed by atoms with van der Waals surface area (Å²) >= 11 is 0. The van der Waals surface area contributed by atoms with E-state index >= 15 is 0 Å². The van der Waals surface area contributed by atoms with Crippen LogP contribution in [0.1, 0.15) is 33.6 Å². The second-order valence-corrected chi connectivity index (χ2v) is 5.35. The maximum Gasteiger partial charge on any atom is 0.190 e. The van der Waals surface area contributed by atoms with Crippen molar-refractivity contribution in [2.24, 2.45) is 0 Å². The molecule has 0 saturated heterocycles. The lowest BCUT2D eigenvalue weighted by Crippen LogP contribution is -2.22. The summed E-state index contributed by atoms with van der Waals surface area (Å²) in [6, 6.07) is 11.4. The Balaban J connectivity index is 2.27. The van der Waals surface area contributed by atoms with E-state index in [1.807, 2.05) is 36.4 Å². The van der Waals surface area contributed by atoms with Crippen molar-refractivity contribution in [2.45, 2.75) is 12.8 Å². The van der Waals surface area contributed by atoms with Crippen molar-refractivity contribution in [3.63, 3.8) is 0 Å². The summed E-state index contributed by atoms with van der Waals surface area (Å²) in [4.78, 5) is 25.6. The second-order valence-electron chi connectivity index (χ2n) is 5.35. The minimum Gasteiger partial charge on any atom is -0.289 e. The largest absolute Gasteiger partial charge is 0.289 e. The van der Waals surface area contributed by atoms with Crippen LogP contribution >= 0.6 is 0 Å². The van der Waals surface area contributed by atoms with E-state index in [2.05, 4.69) is 13.2 Å². The van der Waals surface area contributed by atoms with Gasteiger partial charge in [-0.2, -0.15) is 0 Å². The Kier molecular flexibility index (Phi) is 3.60. The molecule has 2 heteroatoms. The molecule has 0 heterocycles. The molecular formula is C20H16O2. The highest BCUT2D eigenvalue weighted by Crippen LogP contribution is 2.32. The zero-order valence-corrected chi connectivity index (χ0v) is 12.3. The molecule has 0 amide bonds. The van der Waals surface area contributed by atoms with Crippen LogP contribution < -0.4 is 0 Å². The van der Waals surface area contributed by atoms with Crippen LogP contribution in [0.2, 0.25) is 0 Å². The lowest BCUT2D eigenvalue weighted by Gasteiger charge is -2.20. The van der Waals surface area contributed by atoms with Gasteiger partial charge >= 0.3 is 0 Å². The third-order valence-corrected chi connectivity index (χ3v) is 3.98. The monoisotopic (exact) mass is 288 g/mol. The van der Waals surface area contributed by atoms with E-state index < -0.39 is 0 Å². The van der Waals surface area contributed by atoms with Crippen LogP contribution in [0.4, 0.5) is 0 Å². The maximum atomic E-state index is 12.8. The van der Waals surface area contributed by atoms with Gasteiger partial charge in [0.1, 0.15) is 0 Å². The van der Waals surface area contributed by atoms with E-state index in [1.165, 1.54) is 0 Å². The Morgan fingerprint density at radius 2 is 1.18 bits per heavy atom. The lowest BCUT2D eigenvalue weighted by atomic mass is 9.80. The van der Waals surface area contributed by atoms with Crippen LogP contribution in [0.15, 0.2) is 72.9 Å². The van der Waals surface area contributed by atoms with Gasteiger partial charge in [0.15, 0.2) is 11.6 Å². The highest BCUT2D eigenvalue weighted by Gasteiger charge is 2.30. The van der Waals surface area contributed by atoms with E-state index in [0.717, 1.165) is 10.8 Å². The van der Waals surface area contributed by atoms with Gasteiger partial charge in [-0.15, -0.1) is 13.2 Å². The average molecular weight is 288 g/mol. The highest BCUT2D eigenvalue weighted by atomic mass is 16.1. The minimum atomic E-state index is -0.0721. The first-order valence-corrected chi connectivity index (χ1v) is 7.23. The van der Waals surface area contributed by atoms with Gasteiger partial charge in [0, 0.05) is 22.3 Å². The number of ketones is 2. The van der Waals surface area contributed by atoms with Crippen LogP contribution in [0.25, 0.3) is 10.8 Å². The fourth-order valence-electron chi connectivity index (χ4n) is 2.94. The number of rotatable bonds is 4. The van der Waals surface area contributed by atoms with Crippen LogP contribution in [-0.2, 0) is 0 Å².